The Morgan fingerprint density at radius 3 is 2.62 bits per heavy atom. The molecule has 2 aromatic heterocycles. The van der Waals surface area contributed by atoms with Gasteiger partial charge in [-0.3, -0.25) is 4.79 Å². The van der Waals surface area contributed by atoms with Crippen LogP contribution in [0.2, 0.25) is 5.02 Å². The molecule has 0 spiro atoms. The van der Waals surface area contributed by atoms with Crippen molar-refractivity contribution in [2.75, 3.05) is 5.32 Å². The second-order valence-corrected chi connectivity index (χ2v) is 5.89. The SMILES string of the molecule is Cc1ccsc1C(=O)Nc1ccc(-n2cc(Cl)cn2)cc1. The molecule has 4 nitrogen and oxygen atoms in total. The van der Waals surface area contributed by atoms with Crippen LogP contribution in [0, 0.1) is 6.92 Å². The van der Waals surface area contributed by atoms with E-state index in [0.717, 1.165) is 21.8 Å². The van der Waals surface area contributed by atoms with Crippen LogP contribution in [0.4, 0.5) is 5.69 Å². The molecule has 6 heteroatoms. The zero-order chi connectivity index (χ0) is 14.8. The highest BCUT2D eigenvalue weighted by Crippen LogP contribution is 2.19. The maximum absolute atomic E-state index is 12.1. The Labute approximate surface area is 131 Å². The zero-order valence-corrected chi connectivity index (χ0v) is 12.8. The Hall–Kier alpha value is -2.11. The first-order valence-electron chi connectivity index (χ1n) is 6.29. The molecule has 0 unspecified atom stereocenters. The van der Waals surface area contributed by atoms with Crippen LogP contribution in [-0.4, -0.2) is 15.7 Å². The van der Waals surface area contributed by atoms with Crippen LogP contribution >= 0.6 is 22.9 Å². The van der Waals surface area contributed by atoms with E-state index in [9.17, 15) is 4.79 Å². The average molecular weight is 318 g/mol. The largest absolute Gasteiger partial charge is 0.321 e. The average Bonchev–Trinajstić information content (AvgIpc) is 3.08. The van der Waals surface area contributed by atoms with Crippen LogP contribution in [-0.2, 0) is 0 Å². The Bertz CT molecular complexity index is 776. The summed E-state index contributed by atoms with van der Waals surface area (Å²) in [5.41, 5.74) is 2.61. The van der Waals surface area contributed by atoms with E-state index in [4.69, 9.17) is 11.6 Å². The fourth-order valence-corrected chi connectivity index (χ4v) is 2.89. The van der Waals surface area contributed by atoms with E-state index in [0.29, 0.717) is 5.02 Å². The molecule has 0 atom stereocenters. The fourth-order valence-electron chi connectivity index (χ4n) is 1.93. The molecule has 1 amide bonds. The molecule has 0 bridgehead atoms. The smallest absolute Gasteiger partial charge is 0.265 e. The molecule has 1 aromatic carbocycles. The van der Waals surface area contributed by atoms with Gasteiger partial charge in [0.2, 0.25) is 0 Å². The van der Waals surface area contributed by atoms with Crippen molar-refractivity contribution in [3.63, 3.8) is 0 Å². The lowest BCUT2D eigenvalue weighted by molar-refractivity contribution is 0.103. The van der Waals surface area contributed by atoms with Gasteiger partial charge in [-0.1, -0.05) is 11.6 Å². The summed E-state index contributed by atoms with van der Waals surface area (Å²) in [7, 11) is 0. The van der Waals surface area contributed by atoms with Gasteiger partial charge in [0.1, 0.15) is 0 Å². The minimum atomic E-state index is -0.0858. The van der Waals surface area contributed by atoms with Crippen LogP contribution in [0.3, 0.4) is 0 Å². The number of hydrogen-bond acceptors (Lipinski definition) is 3. The second-order valence-electron chi connectivity index (χ2n) is 4.54. The Morgan fingerprint density at radius 2 is 2.05 bits per heavy atom. The fraction of sp³-hybridized carbons (Fsp3) is 0.0667. The van der Waals surface area contributed by atoms with Gasteiger partial charge < -0.3 is 5.32 Å². The number of nitrogens with zero attached hydrogens (tertiary/aromatic N) is 2. The second kappa shape index (κ2) is 5.71. The number of halogens is 1. The summed E-state index contributed by atoms with van der Waals surface area (Å²) in [6.45, 7) is 1.93. The quantitative estimate of drug-likeness (QED) is 0.789. The summed E-state index contributed by atoms with van der Waals surface area (Å²) < 4.78 is 1.68. The normalized spacial score (nSPS) is 10.6. The van der Waals surface area contributed by atoms with E-state index < -0.39 is 0 Å². The Kier molecular flexibility index (Phi) is 3.77. The molecule has 0 aliphatic carbocycles. The lowest BCUT2D eigenvalue weighted by Gasteiger charge is -2.06. The van der Waals surface area contributed by atoms with E-state index in [1.807, 2.05) is 42.6 Å². The number of benzene rings is 1. The van der Waals surface area contributed by atoms with Crippen molar-refractivity contribution in [3.8, 4) is 5.69 Å². The topological polar surface area (TPSA) is 46.9 Å². The molecule has 21 heavy (non-hydrogen) atoms. The number of anilines is 1. The number of carbonyl (C=O) groups is 1. The standard InChI is InChI=1S/C15H12ClN3OS/c1-10-6-7-21-14(10)15(20)18-12-2-4-13(5-3-12)19-9-11(16)8-17-19/h2-9H,1H3,(H,18,20). The van der Waals surface area contributed by atoms with Gasteiger partial charge in [-0.25, -0.2) is 4.68 Å². The van der Waals surface area contributed by atoms with Crippen molar-refractivity contribution in [3.05, 3.63) is 63.6 Å². The summed E-state index contributed by atoms with van der Waals surface area (Å²) in [6, 6.07) is 9.36. The summed E-state index contributed by atoms with van der Waals surface area (Å²) in [5.74, 6) is -0.0858. The van der Waals surface area contributed by atoms with Gasteiger partial charge in [-0.15, -0.1) is 11.3 Å². The third kappa shape index (κ3) is 2.99. The van der Waals surface area contributed by atoms with Gasteiger partial charge >= 0.3 is 0 Å². The first-order valence-corrected chi connectivity index (χ1v) is 7.55. The number of nitrogens with one attached hydrogen (secondary N) is 1. The van der Waals surface area contributed by atoms with Gasteiger partial charge in [-0.2, -0.15) is 5.10 Å². The molecule has 0 fully saturated rings. The van der Waals surface area contributed by atoms with Crippen molar-refractivity contribution in [2.24, 2.45) is 0 Å². The first kappa shape index (κ1) is 13.9. The Balaban J connectivity index is 1.76. The minimum Gasteiger partial charge on any atom is -0.321 e. The molecule has 3 aromatic rings. The van der Waals surface area contributed by atoms with Crippen LogP contribution in [0.1, 0.15) is 15.2 Å². The van der Waals surface area contributed by atoms with Gasteiger partial charge in [-0.05, 0) is 48.2 Å². The molecule has 0 aliphatic heterocycles. The number of rotatable bonds is 3. The van der Waals surface area contributed by atoms with Crippen LogP contribution in [0.15, 0.2) is 48.1 Å². The van der Waals surface area contributed by atoms with E-state index in [2.05, 4.69) is 10.4 Å². The molecular weight excluding hydrogens is 306 g/mol. The van der Waals surface area contributed by atoms with Crippen molar-refractivity contribution >= 4 is 34.5 Å². The van der Waals surface area contributed by atoms with Crippen molar-refractivity contribution in [1.29, 1.82) is 0 Å². The van der Waals surface area contributed by atoms with Crippen molar-refractivity contribution < 1.29 is 4.79 Å². The van der Waals surface area contributed by atoms with Crippen LogP contribution < -0.4 is 5.32 Å². The molecule has 106 valence electrons. The monoisotopic (exact) mass is 317 g/mol. The predicted molar refractivity (Wildman–Crippen MR) is 85.6 cm³/mol. The van der Waals surface area contributed by atoms with E-state index >= 15 is 0 Å². The molecule has 1 N–H and O–H groups in total. The van der Waals surface area contributed by atoms with Gasteiger partial charge in [0.15, 0.2) is 0 Å². The lowest BCUT2D eigenvalue weighted by Crippen LogP contribution is -2.11. The van der Waals surface area contributed by atoms with E-state index in [1.165, 1.54) is 11.3 Å². The molecule has 3 rings (SSSR count). The van der Waals surface area contributed by atoms with Gasteiger partial charge in [0.05, 0.1) is 21.8 Å². The van der Waals surface area contributed by atoms with Crippen molar-refractivity contribution in [1.82, 2.24) is 9.78 Å². The number of aromatic nitrogens is 2. The third-order valence-corrected chi connectivity index (χ3v) is 4.22. The zero-order valence-electron chi connectivity index (χ0n) is 11.2. The summed E-state index contributed by atoms with van der Waals surface area (Å²) in [5, 5.41) is 9.51. The molecular formula is C15H12ClN3OS. The maximum atomic E-state index is 12.1. The number of aryl methyl sites for hydroxylation is 1. The highest BCUT2D eigenvalue weighted by atomic mass is 35.5. The predicted octanol–water partition coefficient (Wildman–Crippen LogP) is 4.15. The third-order valence-electron chi connectivity index (χ3n) is 3.01. The number of thiophene rings is 1. The summed E-state index contributed by atoms with van der Waals surface area (Å²) >= 11 is 7.28. The van der Waals surface area contributed by atoms with Gasteiger partial charge in [0, 0.05) is 11.9 Å². The van der Waals surface area contributed by atoms with Crippen molar-refractivity contribution in [2.45, 2.75) is 6.92 Å². The maximum Gasteiger partial charge on any atom is 0.265 e. The van der Waals surface area contributed by atoms with E-state index in [1.54, 1.807) is 17.1 Å². The highest BCUT2D eigenvalue weighted by Gasteiger charge is 2.10. The molecule has 0 radical (unpaired) electrons. The lowest BCUT2D eigenvalue weighted by atomic mass is 10.2. The Morgan fingerprint density at radius 1 is 1.29 bits per heavy atom. The van der Waals surface area contributed by atoms with Gasteiger partial charge in [0.25, 0.3) is 5.91 Å². The summed E-state index contributed by atoms with van der Waals surface area (Å²) in [6.07, 6.45) is 3.31. The molecule has 2 heterocycles. The first-order chi connectivity index (χ1) is 10.1. The molecule has 0 saturated carbocycles. The molecule has 0 saturated heterocycles. The van der Waals surface area contributed by atoms with E-state index in [-0.39, 0.29) is 5.91 Å². The summed E-state index contributed by atoms with van der Waals surface area (Å²) in [4.78, 5) is 12.9. The minimum absolute atomic E-state index is 0.0858. The van der Waals surface area contributed by atoms with Crippen LogP contribution in [0.25, 0.3) is 5.69 Å². The van der Waals surface area contributed by atoms with Crippen LogP contribution in [0.5, 0.6) is 0 Å². The molecule has 0 aliphatic rings. The highest BCUT2D eigenvalue weighted by molar-refractivity contribution is 7.12. The number of carbonyl (C=O) groups excluding carboxylic acids is 1. The number of hydrogen-bond donors (Lipinski definition) is 1. The number of amides is 1.